The first-order valence-electron chi connectivity index (χ1n) is 11.2. The smallest absolute Gasteiger partial charge is 0.207 e. The minimum Gasteiger partial charge on any atom is -0.493 e. The zero-order valence-corrected chi connectivity index (χ0v) is 18.2. The number of carbonyl (C=O) groups excluding carboxylic acids is 2. The van der Waals surface area contributed by atoms with E-state index < -0.39 is 11.3 Å². The molecule has 2 saturated carbocycles. The summed E-state index contributed by atoms with van der Waals surface area (Å²) < 4.78 is 17.7. The Hall–Kier alpha value is -2.76. The van der Waals surface area contributed by atoms with Crippen molar-refractivity contribution in [2.75, 3.05) is 13.7 Å². The standard InChI is InChI=1S/C27H28O5/c1-30-23-14-27-13-20(32-16-19-10-6-3-7-11-19)12-22(27)21(24(25(23)28)26(27)29)17-31-15-18-8-4-2-5-9-18/h2-11,14,20-22,24H,12-13,15-17H2,1H3/t20-,21+,22-,24+,27+/m0/s1. The van der Waals surface area contributed by atoms with Gasteiger partial charge in [-0.1, -0.05) is 60.7 Å². The van der Waals surface area contributed by atoms with Gasteiger partial charge in [-0.2, -0.15) is 0 Å². The van der Waals surface area contributed by atoms with E-state index in [2.05, 4.69) is 0 Å². The second-order valence-corrected chi connectivity index (χ2v) is 9.09. The van der Waals surface area contributed by atoms with Crippen molar-refractivity contribution in [2.45, 2.75) is 32.2 Å². The number of hydrogen-bond donors (Lipinski definition) is 0. The molecule has 0 saturated heterocycles. The van der Waals surface area contributed by atoms with Crippen molar-refractivity contribution >= 4 is 11.6 Å². The monoisotopic (exact) mass is 432 g/mol. The van der Waals surface area contributed by atoms with Gasteiger partial charge in [0, 0.05) is 5.92 Å². The van der Waals surface area contributed by atoms with Crippen LogP contribution in [0.2, 0.25) is 0 Å². The lowest BCUT2D eigenvalue weighted by Gasteiger charge is -2.28. The van der Waals surface area contributed by atoms with Gasteiger partial charge in [0.25, 0.3) is 0 Å². The maximum absolute atomic E-state index is 13.5. The minimum atomic E-state index is -0.688. The van der Waals surface area contributed by atoms with Gasteiger partial charge in [-0.25, -0.2) is 0 Å². The SMILES string of the molecule is COC1=C[C@]23C[C@@H](OCc4ccccc4)C[C@H]2[C@@H](COCc2ccccc2)[C@H](C1=O)C3=O. The lowest BCUT2D eigenvalue weighted by Crippen LogP contribution is -2.38. The Morgan fingerprint density at radius 1 is 0.938 bits per heavy atom. The molecule has 2 fully saturated rings. The Kier molecular flexibility index (Phi) is 5.70. The molecule has 0 radical (unpaired) electrons. The van der Waals surface area contributed by atoms with Gasteiger partial charge in [-0.3, -0.25) is 9.59 Å². The van der Waals surface area contributed by atoms with E-state index in [-0.39, 0.29) is 29.5 Å². The number of fused-ring (bicyclic) bond motifs is 1. The molecular weight excluding hydrogens is 404 g/mol. The lowest BCUT2D eigenvalue weighted by atomic mass is 9.75. The number of Topliss-reactive ketones (excluding diaryl/α,β-unsaturated/α-hetero) is 2. The van der Waals surface area contributed by atoms with Crippen LogP contribution in [0.15, 0.2) is 72.5 Å². The van der Waals surface area contributed by atoms with Crippen molar-refractivity contribution in [1.82, 2.24) is 0 Å². The molecule has 5 atom stereocenters. The molecular formula is C27H28O5. The Morgan fingerprint density at radius 2 is 1.59 bits per heavy atom. The number of methoxy groups -OCH3 is 1. The second kappa shape index (κ2) is 8.64. The summed E-state index contributed by atoms with van der Waals surface area (Å²) in [5.41, 5.74) is 1.50. The van der Waals surface area contributed by atoms with Crippen LogP contribution in [0.3, 0.4) is 0 Å². The predicted molar refractivity (Wildman–Crippen MR) is 118 cm³/mol. The highest BCUT2D eigenvalue weighted by molar-refractivity contribution is 6.16. The minimum absolute atomic E-state index is 0.0208. The van der Waals surface area contributed by atoms with Crippen molar-refractivity contribution in [3.8, 4) is 0 Å². The van der Waals surface area contributed by atoms with E-state index in [1.807, 2.05) is 60.7 Å². The zero-order valence-electron chi connectivity index (χ0n) is 18.2. The first kappa shape index (κ1) is 21.1. The van der Waals surface area contributed by atoms with Crippen molar-refractivity contribution in [1.29, 1.82) is 0 Å². The molecule has 2 aromatic carbocycles. The quantitative estimate of drug-likeness (QED) is 0.588. The Morgan fingerprint density at radius 3 is 2.25 bits per heavy atom. The van der Waals surface area contributed by atoms with Crippen LogP contribution in [-0.4, -0.2) is 31.4 Å². The van der Waals surface area contributed by atoms with Gasteiger partial charge < -0.3 is 14.2 Å². The molecule has 1 spiro atoms. The topological polar surface area (TPSA) is 61.8 Å². The number of allylic oxidation sites excluding steroid dienone is 2. The van der Waals surface area contributed by atoms with E-state index in [4.69, 9.17) is 14.2 Å². The molecule has 3 aliphatic carbocycles. The largest absolute Gasteiger partial charge is 0.493 e. The van der Waals surface area contributed by atoms with Crippen LogP contribution in [0.5, 0.6) is 0 Å². The van der Waals surface area contributed by atoms with Gasteiger partial charge in [0.2, 0.25) is 5.78 Å². The van der Waals surface area contributed by atoms with Crippen LogP contribution in [0.1, 0.15) is 24.0 Å². The van der Waals surface area contributed by atoms with E-state index in [0.717, 1.165) is 17.5 Å². The van der Waals surface area contributed by atoms with E-state index in [9.17, 15) is 9.59 Å². The van der Waals surface area contributed by atoms with Crippen LogP contribution < -0.4 is 0 Å². The summed E-state index contributed by atoms with van der Waals surface area (Å²) in [5.74, 6) is -0.680. The van der Waals surface area contributed by atoms with Crippen LogP contribution >= 0.6 is 0 Å². The highest BCUT2D eigenvalue weighted by atomic mass is 16.5. The first-order valence-corrected chi connectivity index (χ1v) is 11.2. The van der Waals surface area contributed by atoms with Crippen molar-refractivity contribution < 1.29 is 23.8 Å². The fourth-order valence-corrected chi connectivity index (χ4v) is 5.84. The third kappa shape index (κ3) is 3.59. The summed E-state index contributed by atoms with van der Waals surface area (Å²) in [7, 11) is 1.50. The van der Waals surface area contributed by atoms with E-state index in [0.29, 0.717) is 32.0 Å². The zero-order chi connectivity index (χ0) is 22.1. The first-order chi connectivity index (χ1) is 15.6. The maximum atomic E-state index is 13.5. The van der Waals surface area contributed by atoms with Crippen molar-refractivity contribution in [3.05, 3.63) is 83.6 Å². The van der Waals surface area contributed by atoms with Gasteiger partial charge in [0.15, 0.2) is 11.5 Å². The molecule has 166 valence electrons. The average molecular weight is 433 g/mol. The molecule has 32 heavy (non-hydrogen) atoms. The Labute approximate surface area is 188 Å². The molecule has 0 N–H and O–H groups in total. The number of ether oxygens (including phenoxy) is 3. The van der Waals surface area contributed by atoms with E-state index in [1.165, 1.54) is 7.11 Å². The molecule has 0 heterocycles. The number of rotatable bonds is 8. The molecule has 0 unspecified atom stereocenters. The molecule has 5 rings (SSSR count). The molecule has 0 aliphatic heterocycles. The van der Waals surface area contributed by atoms with Gasteiger partial charge in [0.1, 0.15) is 0 Å². The summed E-state index contributed by atoms with van der Waals surface area (Å²) in [6.07, 6.45) is 3.09. The normalized spacial score (nSPS) is 30.8. The lowest BCUT2D eigenvalue weighted by molar-refractivity contribution is -0.137. The third-order valence-corrected chi connectivity index (χ3v) is 7.31. The summed E-state index contributed by atoms with van der Waals surface area (Å²) in [6, 6.07) is 20.0. The van der Waals surface area contributed by atoms with Crippen LogP contribution in [-0.2, 0) is 37.0 Å². The van der Waals surface area contributed by atoms with Gasteiger partial charge in [-0.05, 0) is 36.0 Å². The number of benzene rings is 2. The fraction of sp³-hybridized carbons (Fsp3) is 0.407. The molecule has 5 nitrogen and oxygen atoms in total. The van der Waals surface area contributed by atoms with E-state index >= 15 is 0 Å². The summed E-state index contributed by atoms with van der Waals surface area (Å²) in [5, 5.41) is 0. The molecule has 2 aromatic rings. The van der Waals surface area contributed by atoms with Crippen molar-refractivity contribution in [2.24, 2.45) is 23.2 Å². The summed E-state index contributed by atoms with van der Waals surface area (Å²) >= 11 is 0. The van der Waals surface area contributed by atoms with Crippen molar-refractivity contribution in [3.63, 3.8) is 0 Å². The third-order valence-electron chi connectivity index (χ3n) is 7.31. The molecule has 3 aliphatic rings. The highest BCUT2D eigenvalue weighted by Crippen LogP contribution is 2.61. The Balaban J connectivity index is 1.34. The van der Waals surface area contributed by atoms with Crippen LogP contribution in [0.25, 0.3) is 0 Å². The summed E-state index contributed by atoms with van der Waals surface area (Å²) in [6.45, 7) is 1.35. The Bertz CT molecular complexity index is 1010. The van der Waals surface area contributed by atoms with Crippen LogP contribution in [0.4, 0.5) is 0 Å². The maximum Gasteiger partial charge on any atom is 0.207 e. The van der Waals surface area contributed by atoms with E-state index in [1.54, 1.807) is 6.08 Å². The van der Waals surface area contributed by atoms with Crippen LogP contribution in [0, 0.1) is 23.2 Å². The molecule has 0 aromatic heterocycles. The summed E-state index contributed by atoms with van der Waals surface area (Å²) in [4.78, 5) is 26.5. The number of hydrogen-bond acceptors (Lipinski definition) is 5. The average Bonchev–Trinajstić information content (AvgIpc) is 3.25. The fourth-order valence-electron chi connectivity index (χ4n) is 5.84. The molecule has 0 amide bonds. The predicted octanol–water partition coefficient (Wildman–Crippen LogP) is 4.11. The number of carbonyl (C=O) groups is 2. The van der Waals surface area contributed by atoms with Gasteiger partial charge in [-0.15, -0.1) is 0 Å². The molecule has 2 bridgehead atoms. The second-order valence-electron chi connectivity index (χ2n) is 9.09. The molecule has 5 heteroatoms. The van der Waals surface area contributed by atoms with Gasteiger partial charge >= 0.3 is 0 Å². The van der Waals surface area contributed by atoms with Gasteiger partial charge in [0.05, 0.1) is 44.4 Å². The highest BCUT2D eigenvalue weighted by Gasteiger charge is 2.67. The number of ketones is 2.